The van der Waals surface area contributed by atoms with E-state index >= 15 is 0 Å². The van der Waals surface area contributed by atoms with E-state index in [1.165, 1.54) is 44.9 Å². The molecule has 0 unspecified atom stereocenters. The lowest BCUT2D eigenvalue weighted by Gasteiger charge is -2.11. The Morgan fingerprint density at radius 3 is 2.64 bits per heavy atom. The lowest BCUT2D eigenvalue weighted by molar-refractivity contribution is 0.428. The quantitative estimate of drug-likeness (QED) is 0.736. The highest BCUT2D eigenvalue weighted by molar-refractivity contribution is 5.12. The molecule has 0 radical (unpaired) electrons. The van der Waals surface area contributed by atoms with Gasteiger partial charge in [-0.2, -0.15) is 0 Å². The van der Waals surface area contributed by atoms with Crippen molar-refractivity contribution in [1.82, 2.24) is 4.98 Å². The second-order valence-corrected chi connectivity index (χ2v) is 4.06. The molecular formula is C11H18N2O. The first-order valence-corrected chi connectivity index (χ1v) is 5.54. The first-order chi connectivity index (χ1) is 6.92. The van der Waals surface area contributed by atoms with Gasteiger partial charge in [0.15, 0.2) is 6.39 Å². The molecular weight excluding hydrogens is 176 g/mol. The molecule has 14 heavy (non-hydrogen) atoms. The second kappa shape index (κ2) is 4.60. The van der Waals surface area contributed by atoms with E-state index in [1.54, 1.807) is 0 Å². The summed E-state index contributed by atoms with van der Waals surface area (Å²) in [5, 5.41) is 0. The Hall–Kier alpha value is -0.830. The van der Waals surface area contributed by atoms with Crippen LogP contribution in [0, 0.1) is 0 Å². The summed E-state index contributed by atoms with van der Waals surface area (Å²) in [4.78, 5) is 4.15. The van der Waals surface area contributed by atoms with E-state index < -0.39 is 0 Å². The Kier molecular flexibility index (Phi) is 3.19. The number of nitrogens with two attached hydrogens (primary N) is 1. The van der Waals surface area contributed by atoms with E-state index in [1.807, 2.05) is 0 Å². The number of aromatic nitrogens is 1. The van der Waals surface area contributed by atoms with Gasteiger partial charge in [-0.3, -0.25) is 0 Å². The van der Waals surface area contributed by atoms with Crippen LogP contribution in [0.5, 0.6) is 0 Å². The van der Waals surface area contributed by atoms with Gasteiger partial charge in [-0.1, -0.05) is 25.7 Å². The van der Waals surface area contributed by atoms with E-state index in [4.69, 9.17) is 10.2 Å². The zero-order valence-electron chi connectivity index (χ0n) is 8.54. The van der Waals surface area contributed by atoms with Gasteiger partial charge in [0.1, 0.15) is 5.76 Å². The summed E-state index contributed by atoms with van der Waals surface area (Å²) in [5.41, 5.74) is 6.57. The van der Waals surface area contributed by atoms with Crippen molar-refractivity contribution in [2.45, 2.75) is 51.0 Å². The molecule has 2 rings (SSSR count). The maximum atomic E-state index is 5.62. The summed E-state index contributed by atoms with van der Waals surface area (Å²) in [6.45, 7) is 0.502. The molecule has 0 aliphatic heterocycles. The molecule has 0 aromatic carbocycles. The number of nitrogens with zero attached hydrogens (tertiary/aromatic N) is 1. The van der Waals surface area contributed by atoms with Crippen LogP contribution in [0.2, 0.25) is 0 Å². The summed E-state index contributed by atoms with van der Waals surface area (Å²) in [6, 6.07) is 0. The fourth-order valence-corrected chi connectivity index (χ4v) is 2.31. The average Bonchev–Trinajstić information content (AvgIpc) is 2.52. The smallest absolute Gasteiger partial charge is 0.181 e. The van der Waals surface area contributed by atoms with E-state index in [0.717, 1.165) is 11.5 Å². The average molecular weight is 194 g/mol. The zero-order valence-corrected chi connectivity index (χ0v) is 8.54. The Bertz CT molecular complexity index is 275. The predicted octanol–water partition coefficient (Wildman–Crippen LogP) is 2.57. The fraction of sp³-hybridized carbons (Fsp3) is 0.727. The van der Waals surface area contributed by atoms with Crippen molar-refractivity contribution in [3.8, 4) is 0 Å². The largest absolute Gasteiger partial charge is 0.448 e. The number of hydrogen-bond acceptors (Lipinski definition) is 3. The van der Waals surface area contributed by atoms with Crippen molar-refractivity contribution in [3.63, 3.8) is 0 Å². The van der Waals surface area contributed by atoms with Crippen LogP contribution in [0.15, 0.2) is 10.8 Å². The Balaban J connectivity index is 2.11. The minimum atomic E-state index is 0.502. The highest BCUT2D eigenvalue weighted by Crippen LogP contribution is 2.32. The van der Waals surface area contributed by atoms with Gasteiger partial charge in [-0.05, 0) is 12.8 Å². The van der Waals surface area contributed by atoms with Gasteiger partial charge >= 0.3 is 0 Å². The minimum Gasteiger partial charge on any atom is -0.448 e. The highest BCUT2D eigenvalue weighted by Gasteiger charge is 2.20. The molecule has 1 aromatic rings. The normalized spacial score (nSPS) is 19.5. The van der Waals surface area contributed by atoms with Crippen molar-refractivity contribution in [1.29, 1.82) is 0 Å². The molecule has 1 aliphatic carbocycles. The van der Waals surface area contributed by atoms with Gasteiger partial charge in [0, 0.05) is 12.5 Å². The summed E-state index contributed by atoms with van der Waals surface area (Å²) < 4.78 is 5.46. The first-order valence-electron chi connectivity index (χ1n) is 5.54. The maximum Gasteiger partial charge on any atom is 0.181 e. The topological polar surface area (TPSA) is 52.0 Å². The highest BCUT2D eigenvalue weighted by atomic mass is 16.3. The summed E-state index contributed by atoms with van der Waals surface area (Å²) in [7, 11) is 0. The van der Waals surface area contributed by atoms with Gasteiger partial charge in [0.2, 0.25) is 0 Å². The SMILES string of the molecule is NCc1ncoc1C1CCCCCC1. The molecule has 0 atom stereocenters. The van der Waals surface area contributed by atoms with E-state index in [9.17, 15) is 0 Å². The summed E-state index contributed by atoms with van der Waals surface area (Å²) in [5.74, 6) is 1.62. The minimum absolute atomic E-state index is 0.502. The van der Waals surface area contributed by atoms with Crippen LogP contribution in [-0.2, 0) is 6.54 Å². The van der Waals surface area contributed by atoms with Crippen molar-refractivity contribution >= 4 is 0 Å². The third kappa shape index (κ3) is 1.98. The molecule has 1 aromatic heterocycles. The molecule has 2 N–H and O–H groups in total. The van der Waals surface area contributed by atoms with E-state index in [2.05, 4.69) is 4.98 Å². The van der Waals surface area contributed by atoms with Gasteiger partial charge in [0.25, 0.3) is 0 Å². The third-order valence-electron chi connectivity index (χ3n) is 3.09. The molecule has 1 fully saturated rings. The predicted molar refractivity (Wildman–Crippen MR) is 54.8 cm³/mol. The Labute approximate surface area is 84.7 Å². The van der Waals surface area contributed by atoms with Crippen molar-refractivity contribution in [2.75, 3.05) is 0 Å². The third-order valence-corrected chi connectivity index (χ3v) is 3.09. The molecule has 78 valence electrons. The lowest BCUT2D eigenvalue weighted by atomic mass is 9.96. The van der Waals surface area contributed by atoms with Crippen molar-refractivity contribution in [3.05, 3.63) is 17.8 Å². The molecule has 0 bridgehead atoms. The van der Waals surface area contributed by atoms with Crippen LogP contribution in [0.3, 0.4) is 0 Å². The van der Waals surface area contributed by atoms with Gasteiger partial charge < -0.3 is 10.2 Å². The Morgan fingerprint density at radius 1 is 1.29 bits per heavy atom. The van der Waals surface area contributed by atoms with Crippen molar-refractivity contribution in [2.24, 2.45) is 5.73 Å². The molecule has 1 aliphatic rings. The molecule has 0 spiro atoms. The number of hydrogen-bond donors (Lipinski definition) is 1. The van der Waals surface area contributed by atoms with E-state index in [0.29, 0.717) is 12.5 Å². The standard InChI is InChI=1S/C11H18N2O/c12-7-10-11(14-8-13-10)9-5-3-1-2-4-6-9/h8-9H,1-7,12H2. The van der Waals surface area contributed by atoms with Gasteiger partial charge in [0.05, 0.1) is 5.69 Å². The lowest BCUT2D eigenvalue weighted by Crippen LogP contribution is -2.04. The van der Waals surface area contributed by atoms with Crippen LogP contribution in [0.4, 0.5) is 0 Å². The molecule has 0 saturated heterocycles. The van der Waals surface area contributed by atoms with Crippen molar-refractivity contribution < 1.29 is 4.42 Å². The van der Waals surface area contributed by atoms with Gasteiger partial charge in [-0.15, -0.1) is 0 Å². The van der Waals surface area contributed by atoms with Gasteiger partial charge in [-0.25, -0.2) is 4.98 Å². The number of rotatable bonds is 2. The molecule has 3 heteroatoms. The molecule has 0 amide bonds. The summed E-state index contributed by atoms with van der Waals surface area (Å²) >= 11 is 0. The van der Waals surface area contributed by atoms with Crippen LogP contribution < -0.4 is 5.73 Å². The summed E-state index contributed by atoms with van der Waals surface area (Å²) in [6.07, 6.45) is 9.36. The Morgan fingerprint density at radius 2 is 2.00 bits per heavy atom. The first kappa shape index (κ1) is 9.71. The zero-order chi connectivity index (χ0) is 9.80. The monoisotopic (exact) mass is 194 g/mol. The van der Waals surface area contributed by atoms with E-state index in [-0.39, 0.29) is 0 Å². The molecule has 3 nitrogen and oxygen atoms in total. The van der Waals surface area contributed by atoms with Crippen LogP contribution in [0.1, 0.15) is 55.9 Å². The number of oxazole rings is 1. The fourth-order valence-electron chi connectivity index (χ4n) is 2.31. The molecule has 1 saturated carbocycles. The molecule has 1 heterocycles. The van der Waals surface area contributed by atoms with Crippen LogP contribution >= 0.6 is 0 Å². The van der Waals surface area contributed by atoms with Crippen LogP contribution in [-0.4, -0.2) is 4.98 Å². The maximum absolute atomic E-state index is 5.62. The van der Waals surface area contributed by atoms with Crippen LogP contribution in [0.25, 0.3) is 0 Å². The second-order valence-electron chi connectivity index (χ2n) is 4.06.